The Kier molecular flexibility index (Phi) is 3.25. The number of aromatic hydroxyl groups is 1. The number of nitrogens with zero attached hydrogens (tertiary/aromatic N) is 1. The Hall–Kier alpha value is -1.81. The third-order valence-electron chi connectivity index (χ3n) is 3.49. The van der Waals surface area contributed by atoms with Crippen LogP contribution in [0.15, 0.2) is 28.7 Å². The zero-order valence-electron chi connectivity index (χ0n) is 10.8. The number of thiophene rings is 1. The topological polar surface area (TPSA) is 44.6 Å². The minimum absolute atomic E-state index is 0.321. The van der Waals surface area contributed by atoms with E-state index < -0.39 is 0 Å². The average molecular weight is 272 g/mol. The Morgan fingerprint density at radius 2 is 2.16 bits per heavy atom. The lowest BCUT2D eigenvalue weighted by Crippen LogP contribution is -1.93. The van der Waals surface area contributed by atoms with Crippen LogP contribution in [0, 0.1) is 0 Å². The molecule has 4 heteroatoms. The molecule has 2 aromatic rings. The minimum atomic E-state index is 0.321. The SMILES string of the molecule is CN/N=C/c1csc(-c2ccc3c(c2)CCC3)c1O. The van der Waals surface area contributed by atoms with Crippen LogP contribution in [0.25, 0.3) is 10.4 Å². The van der Waals surface area contributed by atoms with Crippen LogP contribution in [-0.4, -0.2) is 18.4 Å². The molecule has 3 nitrogen and oxygen atoms in total. The van der Waals surface area contributed by atoms with Crippen LogP contribution >= 0.6 is 11.3 Å². The van der Waals surface area contributed by atoms with Crippen molar-refractivity contribution in [3.63, 3.8) is 0 Å². The highest BCUT2D eigenvalue weighted by molar-refractivity contribution is 7.14. The fraction of sp³-hybridized carbons (Fsp3) is 0.267. The molecule has 1 heterocycles. The third kappa shape index (κ3) is 2.24. The molecule has 0 fully saturated rings. The molecule has 98 valence electrons. The average Bonchev–Trinajstić information content (AvgIpc) is 3.02. The normalized spacial score (nSPS) is 13.9. The van der Waals surface area contributed by atoms with Crippen molar-refractivity contribution in [1.82, 2.24) is 5.43 Å². The molecule has 0 saturated heterocycles. The van der Waals surface area contributed by atoms with Gasteiger partial charge in [0.15, 0.2) is 0 Å². The van der Waals surface area contributed by atoms with Crippen LogP contribution in [0.2, 0.25) is 0 Å². The Bertz CT molecular complexity index is 631. The monoisotopic (exact) mass is 272 g/mol. The van der Waals surface area contributed by atoms with Crippen LogP contribution in [0.4, 0.5) is 0 Å². The van der Waals surface area contributed by atoms with Gasteiger partial charge in [-0.3, -0.25) is 0 Å². The summed E-state index contributed by atoms with van der Waals surface area (Å²) in [5, 5.41) is 16.1. The number of benzene rings is 1. The molecule has 1 aromatic carbocycles. The molecule has 0 saturated carbocycles. The van der Waals surface area contributed by atoms with Crippen LogP contribution in [0.3, 0.4) is 0 Å². The summed E-state index contributed by atoms with van der Waals surface area (Å²) in [4.78, 5) is 0.923. The van der Waals surface area contributed by atoms with Gasteiger partial charge in [-0.05, 0) is 42.0 Å². The molecular formula is C15H16N2OS. The molecule has 1 aromatic heterocycles. The summed E-state index contributed by atoms with van der Waals surface area (Å²) >= 11 is 1.56. The Balaban J connectivity index is 1.98. The van der Waals surface area contributed by atoms with E-state index >= 15 is 0 Å². The van der Waals surface area contributed by atoms with Gasteiger partial charge in [0.1, 0.15) is 5.75 Å². The molecule has 1 aliphatic rings. The van der Waals surface area contributed by atoms with Gasteiger partial charge in [0, 0.05) is 18.0 Å². The van der Waals surface area contributed by atoms with E-state index in [9.17, 15) is 5.11 Å². The molecule has 3 rings (SSSR count). The fourth-order valence-electron chi connectivity index (χ4n) is 2.51. The first-order valence-electron chi connectivity index (χ1n) is 6.42. The highest BCUT2D eigenvalue weighted by Gasteiger charge is 2.15. The van der Waals surface area contributed by atoms with Gasteiger partial charge in [0.2, 0.25) is 0 Å². The van der Waals surface area contributed by atoms with E-state index in [1.54, 1.807) is 24.6 Å². The number of nitrogens with one attached hydrogen (secondary N) is 1. The molecule has 0 amide bonds. The van der Waals surface area contributed by atoms with Gasteiger partial charge in [0.25, 0.3) is 0 Å². The highest BCUT2D eigenvalue weighted by atomic mass is 32.1. The first-order chi connectivity index (χ1) is 9.29. The van der Waals surface area contributed by atoms with Crippen LogP contribution in [0.1, 0.15) is 23.1 Å². The highest BCUT2D eigenvalue weighted by Crippen LogP contribution is 2.39. The van der Waals surface area contributed by atoms with E-state index in [0.717, 1.165) is 22.4 Å². The smallest absolute Gasteiger partial charge is 0.143 e. The molecule has 1 aliphatic carbocycles. The van der Waals surface area contributed by atoms with Gasteiger partial charge in [-0.1, -0.05) is 12.1 Å². The summed E-state index contributed by atoms with van der Waals surface area (Å²) in [6.45, 7) is 0. The van der Waals surface area contributed by atoms with Gasteiger partial charge in [-0.2, -0.15) is 5.10 Å². The van der Waals surface area contributed by atoms with E-state index in [4.69, 9.17) is 0 Å². The molecular weight excluding hydrogens is 256 g/mol. The second-order valence-electron chi connectivity index (χ2n) is 4.69. The Morgan fingerprint density at radius 3 is 3.00 bits per heavy atom. The van der Waals surface area contributed by atoms with Crippen LogP contribution < -0.4 is 5.43 Å². The van der Waals surface area contributed by atoms with Crippen molar-refractivity contribution in [2.45, 2.75) is 19.3 Å². The molecule has 0 bridgehead atoms. The maximum Gasteiger partial charge on any atom is 0.143 e. The molecule has 19 heavy (non-hydrogen) atoms. The second-order valence-corrected chi connectivity index (χ2v) is 5.57. The summed E-state index contributed by atoms with van der Waals surface area (Å²) in [5.41, 5.74) is 7.43. The summed E-state index contributed by atoms with van der Waals surface area (Å²) in [7, 11) is 1.74. The van der Waals surface area contributed by atoms with E-state index in [1.165, 1.54) is 24.0 Å². The third-order valence-corrected chi connectivity index (χ3v) is 4.52. The molecule has 0 spiro atoms. The van der Waals surface area contributed by atoms with Crippen LogP contribution in [-0.2, 0) is 12.8 Å². The van der Waals surface area contributed by atoms with Gasteiger partial charge in [0.05, 0.1) is 11.1 Å². The minimum Gasteiger partial charge on any atom is -0.506 e. The number of hydrogen-bond donors (Lipinski definition) is 2. The lowest BCUT2D eigenvalue weighted by Gasteiger charge is -2.04. The molecule has 0 aliphatic heterocycles. The number of rotatable bonds is 3. The van der Waals surface area contributed by atoms with Gasteiger partial charge >= 0.3 is 0 Å². The lowest BCUT2D eigenvalue weighted by molar-refractivity contribution is 0.479. The lowest BCUT2D eigenvalue weighted by atomic mass is 10.0. The molecule has 0 atom stereocenters. The fourth-order valence-corrected chi connectivity index (χ4v) is 3.42. The molecule has 0 unspecified atom stereocenters. The van der Waals surface area contributed by atoms with Crippen molar-refractivity contribution >= 4 is 17.6 Å². The zero-order chi connectivity index (χ0) is 13.2. The number of hydrazone groups is 1. The first-order valence-corrected chi connectivity index (χ1v) is 7.30. The number of hydrogen-bond acceptors (Lipinski definition) is 4. The maximum atomic E-state index is 10.2. The van der Waals surface area contributed by atoms with E-state index in [2.05, 4.69) is 28.7 Å². The number of fused-ring (bicyclic) bond motifs is 1. The predicted octanol–water partition coefficient (Wildman–Crippen LogP) is 3.16. The summed E-state index contributed by atoms with van der Waals surface area (Å²) in [6, 6.07) is 6.51. The Morgan fingerprint density at radius 1 is 1.32 bits per heavy atom. The molecule has 0 radical (unpaired) electrons. The van der Waals surface area contributed by atoms with Crippen molar-refractivity contribution < 1.29 is 5.11 Å². The maximum absolute atomic E-state index is 10.2. The largest absolute Gasteiger partial charge is 0.506 e. The van der Waals surface area contributed by atoms with Crippen molar-refractivity contribution in [3.8, 4) is 16.2 Å². The van der Waals surface area contributed by atoms with Crippen molar-refractivity contribution in [1.29, 1.82) is 0 Å². The van der Waals surface area contributed by atoms with Gasteiger partial charge < -0.3 is 10.5 Å². The standard InChI is InChI=1S/C15H16N2OS/c1-16-17-8-13-9-19-15(14(13)18)12-6-5-10-3-2-4-11(10)7-12/h5-9,16,18H,2-4H2,1H3/b17-8+. The van der Waals surface area contributed by atoms with Crippen molar-refractivity contribution in [3.05, 3.63) is 40.3 Å². The zero-order valence-corrected chi connectivity index (χ0v) is 11.6. The van der Waals surface area contributed by atoms with Gasteiger partial charge in [-0.25, -0.2) is 0 Å². The van der Waals surface area contributed by atoms with E-state index in [0.29, 0.717) is 5.75 Å². The first kappa shape index (κ1) is 12.2. The molecule has 2 N–H and O–H groups in total. The number of aryl methyl sites for hydroxylation is 2. The summed E-state index contributed by atoms with van der Waals surface area (Å²) < 4.78 is 0. The second kappa shape index (κ2) is 5.05. The predicted molar refractivity (Wildman–Crippen MR) is 80.1 cm³/mol. The quantitative estimate of drug-likeness (QED) is 0.666. The van der Waals surface area contributed by atoms with Crippen molar-refractivity contribution in [2.75, 3.05) is 7.05 Å². The van der Waals surface area contributed by atoms with Gasteiger partial charge in [-0.15, -0.1) is 11.3 Å². The summed E-state index contributed by atoms with van der Waals surface area (Å²) in [6.07, 6.45) is 5.23. The van der Waals surface area contributed by atoms with Crippen LogP contribution in [0.5, 0.6) is 5.75 Å². The summed E-state index contributed by atoms with van der Waals surface area (Å²) in [5.74, 6) is 0.321. The van der Waals surface area contributed by atoms with Crippen molar-refractivity contribution in [2.24, 2.45) is 5.10 Å². The van der Waals surface area contributed by atoms with E-state index in [1.807, 2.05) is 5.38 Å². The Labute approximate surface area is 116 Å². The van der Waals surface area contributed by atoms with E-state index in [-0.39, 0.29) is 0 Å².